The highest BCUT2D eigenvalue weighted by Gasteiger charge is 2.21. The molecule has 0 bridgehead atoms. The van der Waals surface area contributed by atoms with Crippen molar-refractivity contribution in [3.8, 4) is 21.7 Å². The molecule has 118 valence electrons. The number of pyridine rings is 1. The predicted octanol–water partition coefficient (Wildman–Crippen LogP) is 4.97. The molecule has 3 heterocycles. The number of carboxylic acid groups (broad SMARTS) is 1. The van der Waals surface area contributed by atoms with E-state index in [0.717, 1.165) is 33.0 Å². The van der Waals surface area contributed by atoms with E-state index in [4.69, 9.17) is 5.73 Å². The van der Waals surface area contributed by atoms with Crippen molar-refractivity contribution in [3.63, 3.8) is 0 Å². The van der Waals surface area contributed by atoms with Crippen LogP contribution in [0.25, 0.3) is 31.9 Å². The Labute approximate surface area is 145 Å². The molecule has 0 saturated carbocycles. The maximum Gasteiger partial charge on any atom is 0.348 e. The Kier molecular flexibility index (Phi) is 3.55. The minimum absolute atomic E-state index is 0.137. The summed E-state index contributed by atoms with van der Waals surface area (Å²) in [6, 6.07) is 15.8. The molecule has 4 nitrogen and oxygen atoms in total. The zero-order valence-corrected chi connectivity index (χ0v) is 14.0. The minimum atomic E-state index is -1.02. The molecule has 0 aliphatic heterocycles. The molecule has 0 radical (unpaired) electrons. The van der Waals surface area contributed by atoms with E-state index in [2.05, 4.69) is 4.98 Å². The smallest absolute Gasteiger partial charge is 0.348 e. The molecule has 0 atom stereocenters. The fourth-order valence-electron chi connectivity index (χ4n) is 2.68. The van der Waals surface area contributed by atoms with Crippen LogP contribution in [-0.4, -0.2) is 16.1 Å². The molecule has 0 fully saturated rings. The summed E-state index contributed by atoms with van der Waals surface area (Å²) in [4.78, 5) is 17.9. The van der Waals surface area contributed by atoms with E-state index in [0.29, 0.717) is 10.2 Å². The van der Waals surface area contributed by atoms with Gasteiger partial charge in [-0.25, -0.2) is 9.78 Å². The van der Waals surface area contributed by atoms with Crippen LogP contribution in [0.4, 0.5) is 5.69 Å². The number of nitrogens with two attached hydrogens (primary N) is 1. The maximum absolute atomic E-state index is 11.5. The number of aromatic carboxylic acids is 1. The standard InChI is InChI=1S/C18H12N2O2S2/c19-15-14-11(10-5-2-1-3-6-10)9-12(13-7-4-8-23-13)20-17(14)24-16(15)18(21)22/h1-9H,19H2,(H,21,22). The largest absolute Gasteiger partial charge is 0.477 e. The number of rotatable bonds is 3. The monoisotopic (exact) mass is 352 g/mol. The van der Waals surface area contributed by atoms with E-state index in [1.165, 1.54) is 0 Å². The average molecular weight is 352 g/mol. The number of hydrogen-bond donors (Lipinski definition) is 2. The summed E-state index contributed by atoms with van der Waals surface area (Å²) in [7, 11) is 0. The predicted molar refractivity (Wildman–Crippen MR) is 99.7 cm³/mol. The van der Waals surface area contributed by atoms with Gasteiger partial charge in [-0.15, -0.1) is 22.7 Å². The first-order valence-electron chi connectivity index (χ1n) is 7.21. The summed E-state index contributed by atoms with van der Waals surface area (Å²) in [5, 5.41) is 12.1. The quantitative estimate of drug-likeness (QED) is 0.546. The molecule has 4 aromatic rings. The van der Waals surface area contributed by atoms with Crippen LogP contribution < -0.4 is 5.73 Å². The van der Waals surface area contributed by atoms with Crippen LogP contribution in [0.1, 0.15) is 9.67 Å². The van der Waals surface area contributed by atoms with Crippen molar-refractivity contribution >= 4 is 44.5 Å². The molecular weight excluding hydrogens is 340 g/mol. The highest BCUT2D eigenvalue weighted by Crippen LogP contribution is 2.41. The van der Waals surface area contributed by atoms with Gasteiger partial charge >= 0.3 is 5.97 Å². The fraction of sp³-hybridized carbons (Fsp3) is 0. The number of carbonyl (C=O) groups is 1. The van der Waals surface area contributed by atoms with E-state index < -0.39 is 5.97 Å². The first-order valence-corrected chi connectivity index (χ1v) is 8.90. The third-order valence-electron chi connectivity index (χ3n) is 3.75. The van der Waals surface area contributed by atoms with Crippen LogP contribution in [0.15, 0.2) is 53.9 Å². The van der Waals surface area contributed by atoms with Crippen LogP contribution >= 0.6 is 22.7 Å². The second-order valence-corrected chi connectivity index (χ2v) is 7.18. The number of fused-ring (bicyclic) bond motifs is 1. The Morgan fingerprint density at radius 1 is 1.12 bits per heavy atom. The lowest BCUT2D eigenvalue weighted by Crippen LogP contribution is -1.97. The summed E-state index contributed by atoms with van der Waals surface area (Å²) in [6.45, 7) is 0. The molecule has 3 N–H and O–H groups in total. The molecule has 0 unspecified atom stereocenters. The number of aromatic nitrogens is 1. The second-order valence-electron chi connectivity index (χ2n) is 5.23. The summed E-state index contributed by atoms with van der Waals surface area (Å²) < 4.78 is 0. The van der Waals surface area contributed by atoms with Crippen molar-refractivity contribution in [2.24, 2.45) is 0 Å². The number of carboxylic acids is 1. The Morgan fingerprint density at radius 2 is 1.92 bits per heavy atom. The zero-order chi connectivity index (χ0) is 16.7. The van der Waals surface area contributed by atoms with Gasteiger partial charge in [0.2, 0.25) is 0 Å². The van der Waals surface area contributed by atoms with Crippen LogP contribution in [0.3, 0.4) is 0 Å². The van der Waals surface area contributed by atoms with Gasteiger partial charge in [0, 0.05) is 5.39 Å². The third kappa shape index (κ3) is 2.36. The average Bonchev–Trinajstić information content (AvgIpc) is 3.23. The first-order chi connectivity index (χ1) is 11.6. The number of hydrogen-bond acceptors (Lipinski definition) is 5. The minimum Gasteiger partial charge on any atom is -0.477 e. The van der Waals surface area contributed by atoms with E-state index in [9.17, 15) is 9.90 Å². The number of thiophene rings is 2. The van der Waals surface area contributed by atoms with Crippen molar-refractivity contribution in [1.29, 1.82) is 0 Å². The van der Waals surface area contributed by atoms with Gasteiger partial charge in [-0.2, -0.15) is 0 Å². The lowest BCUT2D eigenvalue weighted by atomic mass is 10.0. The first kappa shape index (κ1) is 14.9. The van der Waals surface area contributed by atoms with Crippen LogP contribution in [-0.2, 0) is 0 Å². The second kappa shape index (κ2) is 5.74. The molecule has 0 saturated heterocycles. The molecular formula is C18H12N2O2S2. The van der Waals surface area contributed by atoms with Gasteiger partial charge in [0.25, 0.3) is 0 Å². The van der Waals surface area contributed by atoms with E-state index in [1.807, 2.05) is 53.9 Å². The lowest BCUT2D eigenvalue weighted by molar-refractivity contribution is 0.0703. The SMILES string of the molecule is Nc1c(C(=O)O)sc2nc(-c3cccs3)cc(-c3ccccc3)c12. The summed E-state index contributed by atoms with van der Waals surface area (Å²) in [6.07, 6.45) is 0. The molecule has 0 spiro atoms. The van der Waals surface area contributed by atoms with E-state index >= 15 is 0 Å². The van der Waals surface area contributed by atoms with E-state index in [-0.39, 0.29) is 10.6 Å². The van der Waals surface area contributed by atoms with Crippen LogP contribution in [0.5, 0.6) is 0 Å². The van der Waals surface area contributed by atoms with Crippen molar-refractivity contribution in [3.05, 3.63) is 58.8 Å². The van der Waals surface area contributed by atoms with Gasteiger partial charge in [-0.05, 0) is 28.6 Å². The van der Waals surface area contributed by atoms with E-state index in [1.54, 1.807) is 11.3 Å². The molecule has 6 heteroatoms. The molecule has 24 heavy (non-hydrogen) atoms. The van der Waals surface area contributed by atoms with Crippen LogP contribution in [0.2, 0.25) is 0 Å². The lowest BCUT2D eigenvalue weighted by Gasteiger charge is -2.07. The summed E-state index contributed by atoms with van der Waals surface area (Å²) >= 11 is 2.72. The van der Waals surface area contributed by atoms with Crippen LogP contribution in [0, 0.1) is 0 Å². The fourth-order valence-corrected chi connectivity index (χ4v) is 4.32. The van der Waals surface area contributed by atoms with Gasteiger partial charge in [-0.1, -0.05) is 36.4 Å². The summed E-state index contributed by atoms with van der Waals surface area (Å²) in [5.41, 5.74) is 9.15. The molecule has 0 aliphatic carbocycles. The molecule has 4 rings (SSSR count). The zero-order valence-electron chi connectivity index (χ0n) is 12.4. The number of anilines is 1. The normalized spacial score (nSPS) is 11.0. The Bertz CT molecular complexity index is 1040. The van der Waals surface area contributed by atoms with Crippen molar-refractivity contribution in [1.82, 2.24) is 4.98 Å². The molecule has 3 aromatic heterocycles. The topological polar surface area (TPSA) is 76.2 Å². The highest BCUT2D eigenvalue weighted by atomic mass is 32.1. The highest BCUT2D eigenvalue weighted by molar-refractivity contribution is 7.21. The van der Waals surface area contributed by atoms with Gasteiger partial charge in [0.05, 0.1) is 16.3 Å². The summed E-state index contributed by atoms with van der Waals surface area (Å²) in [5.74, 6) is -1.02. The Balaban J connectivity index is 2.08. The van der Waals surface area contributed by atoms with Gasteiger partial charge in [0.1, 0.15) is 9.71 Å². The molecule has 0 aliphatic rings. The van der Waals surface area contributed by atoms with Gasteiger partial charge in [-0.3, -0.25) is 0 Å². The van der Waals surface area contributed by atoms with Crippen molar-refractivity contribution in [2.75, 3.05) is 5.73 Å². The molecule has 1 aromatic carbocycles. The van der Waals surface area contributed by atoms with Crippen molar-refractivity contribution in [2.45, 2.75) is 0 Å². The Hall–Kier alpha value is -2.70. The Morgan fingerprint density at radius 3 is 2.58 bits per heavy atom. The maximum atomic E-state index is 11.5. The third-order valence-corrected chi connectivity index (χ3v) is 5.73. The molecule has 0 amide bonds. The number of benzene rings is 1. The number of nitrogen functional groups attached to an aromatic ring is 1. The van der Waals surface area contributed by atoms with Crippen molar-refractivity contribution < 1.29 is 9.90 Å². The van der Waals surface area contributed by atoms with Gasteiger partial charge < -0.3 is 10.8 Å². The van der Waals surface area contributed by atoms with Gasteiger partial charge in [0.15, 0.2) is 0 Å². The number of nitrogens with zero attached hydrogens (tertiary/aromatic N) is 1.